The number of nitrogens with one attached hydrogen (secondary N) is 3. The van der Waals surface area contributed by atoms with Crippen molar-refractivity contribution in [3.05, 3.63) is 48.0 Å². The van der Waals surface area contributed by atoms with Crippen LogP contribution in [0.3, 0.4) is 0 Å². The molecule has 7 nitrogen and oxygen atoms in total. The smallest absolute Gasteiger partial charge is 0.243 e. The first-order chi connectivity index (χ1) is 12.5. The monoisotopic (exact) mass is 496 g/mol. The first-order valence-corrected chi connectivity index (χ1v) is 7.86. The number of hydrogen-bond donors (Lipinski definition) is 3. The largest absolute Gasteiger partial charge is 0.356 e. The first-order valence-electron chi connectivity index (χ1n) is 7.86. The summed E-state index contributed by atoms with van der Waals surface area (Å²) in [5, 5.41) is 12.0. The molecular formula is C16H20F3IN6O. The molecule has 0 unspecified atom stereocenters. The van der Waals surface area contributed by atoms with Crippen molar-refractivity contribution in [2.24, 2.45) is 4.99 Å². The predicted molar refractivity (Wildman–Crippen MR) is 107 cm³/mol. The highest BCUT2D eigenvalue weighted by atomic mass is 127. The van der Waals surface area contributed by atoms with Gasteiger partial charge >= 0.3 is 0 Å². The Hall–Kier alpha value is -2.31. The third-order valence-electron chi connectivity index (χ3n) is 3.36. The molecule has 0 aliphatic heterocycles. The van der Waals surface area contributed by atoms with Crippen LogP contribution in [0.15, 0.2) is 35.6 Å². The zero-order valence-electron chi connectivity index (χ0n) is 14.5. The number of nitrogens with zero attached hydrogens (tertiary/aromatic N) is 3. The van der Waals surface area contributed by atoms with Gasteiger partial charge in [0.2, 0.25) is 5.91 Å². The molecule has 0 bridgehead atoms. The number of guanidine groups is 1. The number of aromatic nitrogens is 2. The van der Waals surface area contributed by atoms with E-state index in [-0.39, 0.29) is 30.5 Å². The Kier molecular flexibility index (Phi) is 9.61. The van der Waals surface area contributed by atoms with E-state index in [2.05, 4.69) is 26.0 Å². The maximum absolute atomic E-state index is 13.5. The summed E-state index contributed by atoms with van der Waals surface area (Å²) in [4.78, 5) is 15.8. The number of carbonyl (C=O) groups is 1. The molecule has 1 heterocycles. The van der Waals surface area contributed by atoms with Crippen LogP contribution in [0.1, 0.15) is 6.42 Å². The standard InChI is InChI=1S/C16H19F3N6O.HI/c1-20-16(21-6-2-8-25-9-3-7-23-25)22-10-13(26)24-12-5-4-11(17)14(18)15(12)19;/h3-5,7,9H,2,6,8,10H2,1H3,(H,24,26)(H2,20,21,22);1H. The minimum atomic E-state index is -1.63. The molecule has 27 heavy (non-hydrogen) atoms. The number of aryl methyl sites for hydroxylation is 1. The van der Waals surface area contributed by atoms with Gasteiger partial charge in [-0.25, -0.2) is 13.2 Å². The summed E-state index contributed by atoms with van der Waals surface area (Å²) in [6.45, 7) is 1.10. The van der Waals surface area contributed by atoms with Gasteiger partial charge in [-0.1, -0.05) is 0 Å². The Balaban J connectivity index is 0.00000364. The molecule has 1 aromatic carbocycles. The van der Waals surface area contributed by atoms with Crippen molar-refractivity contribution in [2.45, 2.75) is 13.0 Å². The van der Waals surface area contributed by atoms with Crippen LogP contribution < -0.4 is 16.0 Å². The summed E-state index contributed by atoms with van der Waals surface area (Å²) < 4.78 is 41.3. The molecule has 0 aliphatic carbocycles. The molecule has 1 amide bonds. The molecule has 11 heteroatoms. The van der Waals surface area contributed by atoms with Crippen LogP contribution in [0.2, 0.25) is 0 Å². The van der Waals surface area contributed by atoms with Crippen molar-refractivity contribution in [2.75, 3.05) is 25.5 Å². The molecule has 0 atom stereocenters. The van der Waals surface area contributed by atoms with Crippen LogP contribution in [-0.2, 0) is 11.3 Å². The van der Waals surface area contributed by atoms with Gasteiger partial charge in [0.15, 0.2) is 23.4 Å². The normalized spacial score (nSPS) is 10.9. The Bertz CT molecular complexity index is 770. The van der Waals surface area contributed by atoms with Crippen molar-refractivity contribution in [3.8, 4) is 0 Å². The summed E-state index contributed by atoms with van der Waals surface area (Å²) in [5.41, 5.74) is -0.433. The predicted octanol–water partition coefficient (Wildman–Crippen LogP) is 2.11. The summed E-state index contributed by atoms with van der Waals surface area (Å²) in [5.74, 6) is -4.65. The summed E-state index contributed by atoms with van der Waals surface area (Å²) >= 11 is 0. The third kappa shape index (κ3) is 7.07. The molecule has 0 radical (unpaired) electrons. The molecule has 148 valence electrons. The highest BCUT2D eigenvalue weighted by Crippen LogP contribution is 2.19. The van der Waals surface area contributed by atoms with E-state index >= 15 is 0 Å². The highest BCUT2D eigenvalue weighted by molar-refractivity contribution is 14.0. The Labute approximate surface area is 171 Å². The van der Waals surface area contributed by atoms with Gasteiger partial charge in [-0.05, 0) is 24.6 Å². The van der Waals surface area contributed by atoms with E-state index in [1.165, 1.54) is 7.05 Å². The van der Waals surface area contributed by atoms with Crippen molar-refractivity contribution >= 4 is 41.5 Å². The molecule has 1 aromatic heterocycles. The lowest BCUT2D eigenvalue weighted by molar-refractivity contribution is -0.115. The number of hydrogen-bond acceptors (Lipinski definition) is 3. The van der Waals surface area contributed by atoms with Crippen LogP contribution in [0.4, 0.5) is 18.9 Å². The van der Waals surface area contributed by atoms with Crippen LogP contribution in [0.25, 0.3) is 0 Å². The number of amides is 1. The maximum atomic E-state index is 13.5. The molecule has 0 aliphatic rings. The second kappa shape index (κ2) is 11.4. The second-order valence-corrected chi connectivity index (χ2v) is 5.25. The average molecular weight is 496 g/mol. The maximum Gasteiger partial charge on any atom is 0.243 e. The lowest BCUT2D eigenvalue weighted by Crippen LogP contribution is -2.41. The first kappa shape index (κ1) is 22.7. The zero-order chi connectivity index (χ0) is 18.9. The van der Waals surface area contributed by atoms with Crippen molar-refractivity contribution in [1.82, 2.24) is 20.4 Å². The van der Waals surface area contributed by atoms with Gasteiger partial charge in [-0.2, -0.15) is 5.10 Å². The SMILES string of the molecule is CN=C(NCCCn1cccn1)NCC(=O)Nc1ccc(F)c(F)c1F.I. The molecule has 3 N–H and O–H groups in total. The quantitative estimate of drug-likeness (QED) is 0.180. The van der Waals surface area contributed by atoms with E-state index in [1.54, 1.807) is 10.9 Å². The minimum absolute atomic E-state index is 0. The Morgan fingerprint density at radius 2 is 2.00 bits per heavy atom. The fraction of sp³-hybridized carbons (Fsp3) is 0.312. The minimum Gasteiger partial charge on any atom is -0.356 e. The molecule has 2 aromatic rings. The van der Waals surface area contributed by atoms with Crippen LogP contribution in [-0.4, -0.2) is 41.8 Å². The average Bonchev–Trinajstić information content (AvgIpc) is 3.15. The van der Waals surface area contributed by atoms with Crippen LogP contribution in [0.5, 0.6) is 0 Å². The molecule has 0 saturated heterocycles. The molecular weight excluding hydrogens is 476 g/mol. The van der Waals surface area contributed by atoms with Crippen LogP contribution in [0, 0.1) is 17.5 Å². The van der Waals surface area contributed by atoms with Gasteiger partial charge in [0.1, 0.15) is 0 Å². The summed E-state index contributed by atoms with van der Waals surface area (Å²) in [6.07, 6.45) is 4.34. The van der Waals surface area contributed by atoms with Gasteiger partial charge in [0.05, 0.1) is 12.2 Å². The van der Waals surface area contributed by atoms with E-state index in [0.717, 1.165) is 25.1 Å². The van der Waals surface area contributed by atoms with E-state index in [0.29, 0.717) is 12.5 Å². The highest BCUT2D eigenvalue weighted by Gasteiger charge is 2.15. The number of anilines is 1. The Morgan fingerprint density at radius 3 is 2.67 bits per heavy atom. The molecule has 2 rings (SSSR count). The van der Waals surface area contributed by atoms with Crippen LogP contribution >= 0.6 is 24.0 Å². The van der Waals surface area contributed by atoms with Gasteiger partial charge < -0.3 is 16.0 Å². The van der Waals surface area contributed by atoms with E-state index in [9.17, 15) is 18.0 Å². The van der Waals surface area contributed by atoms with Gasteiger partial charge in [0.25, 0.3) is 0 Å². The molecule has 0 fully saturated rings. The fourth-order valence-electron chi connectivity index (χ4n) is 2.08. The number of halogens is 4. The van der Waals surface area contributed by atoms with Crippen molar-refractivity contribution in [1.29, 1.82) is 0 Å². The number of aliphatic imine (C=N–C) groups is 1. The van der Waals surface area contributed by atoms with Gasteiger partial charge in [0, 0.05) is 32.5 Å². The Morgan fingerprint density at radius 1 is 1.22 bits per heavy atom. The lowest BCUT2D eigenvalue weighted by atomic mass is 10.2. The van der Waals surface area contributed by atoms with Crippen molar-refractivity contribution < 1.29 is 18.0 Å². The van der Waals surface area contributed by atoms with Gasteiger partial charge in [-0.3, -0.25) is 14.5 Å². The van der Waals surface area contributed by atoms with E-state index < -0.39 is 29.0 Å². The van der Waals surface area contributed by atoms with E-state index in [1.807, 2.05) is 12.3 Å². The van der Waals surface area contributed by atoms with Gasteiger partial charge in [-0.15, -0.1) is 24.0 Å². The number of rotatable bonds is 7. The zero-order valence-corrected chi connectivity index (χ0v) is 16.8. The molecule has 0 spiro atoms. The van der Waals surface area contributed by atoms with Crippen molar-refractivity contribution in [3.63, 3.8) is 0 Å². The second-order valence-electron chi connectivity index (χ2n) is 5.25. The molecule has 0 saturated carbocycles. The summed E-state index contributed by atoms with van der Waals surface area (Å²) in [7, 11) is 1.54. The third-order valence-corrected chi connectivity index (χ3v) is 3.36. The number of benzene rings is 1. The lowest BCUT2D eigenvalue weighted by Gasteiger charge is -2.12. The number of carbonyl (C=O) groups excluding carboxylic acids is 1. The van der Waals surface area contributed by atoms with E-state index in [4.69, 9.17) is 0 Å². The fourth-order valence-corrected chi connectivity index (χ4v) is 2.08. The summed E-state index contributed by atoms with van der Waals surface area (Å²) in [6, 6.07) is 3.53. The topological polar surface area (TPSA) is 83.3 Å².